The molecule has 0 radical (unpaired) electrons. The van der Waals surface area contributed by atoms with Crippen molar-refractivity contribution in [3.05, 3.63) is 28.8 Å². The van der Waals surface area contributed by atoms with Gasteiger partial charge in [-0.25, -0.2) is 8.42 Å². The highest BCUT2D eigenvalue weighted by Gasteiger charge is 2.30. The number of ether oxygens (including phenoxy) is 1. The van der Waals surface area contributed by atoms with Crippen LogP contribution in [0.2, 0.25) is 5.02 Å². The lowest BCUT2D eigenvalue weighted by atomic mass is 9.97. The van der Waals surface area contributed by atoms with E-state index in [1.54, 1.807) is 25.1 Å². The molecule has 0 amide bonds. The summed E-state index contributed by atoms with van der Waals surface area (Å²) in [4.78, 5) is 0. The molecule has 1 aromatic rings. The molecule has 0 heterocycles. The zero-order valence-corrected chi connectivity index (χ0v) is 13.8. The van der Waals surface area contributed by atoms with Gasteiger partial charge in [-0.1, -0.05) is 11.6 Å². The molecule has 0 aromatic heterocycles. The second kappa shape index (κ2) is 6.55. The van der Waals surface area contributed by atoms with Crippen LogP contribution in [0.15, 0.2) is 18.2 Å². The van der Waals surface area contributed by atoms with Crippen LogP contribution in [0.25, 0.3) is 0 Å². The van der Waals surface area contributed by atoms with E-state index in [9.17, 15) is 13.5 Å². The number of benzene rings is 1. The Hall–Kier alpha value is -0.780. The number of hydrogen-bond donors (Lipinski definition) is 1. The van der Waals surface area contributed by atoms with Gasteiger partial charge >= 0.3 is 0 Å². The van der Waals surface area contributed by atoms with Crippen molar-refractivity contribution >= 4 is 21.4 Å². The summed E-state index contributed by atoms with van der Waals surface area (Å²) >= 11 is 5.94. The Morgan fingerprint density at radius 3 is 2.71 bits per heavy atom. The van der Waals surface area contributed by atoms with Gasteiger partial charge in [0.15, 0.2) is 0 Å². The first-order chi connectivity index (χ1) is 9.77. The largest absolute Gasteiger partial charge is 0.490 e. The van der Waals surface area contributed by atoms with Crippen LogP contribution in [0.3, 0.4) is 0 Å². The van der Waals surface area contributed by atoms with E-state index in [0.717, 1.165) is 12.8 Å². The van der Waals surface area contributed by atoms with Gasteiger partial charge in [0.2, 0.25) is 0 Å². The Kier molecular flexibility index (Phi) is 5.17. The number of halogens is 1. The smallest absolute Gasteiger partial charge is 0.150 e. The molecule has 0 bridgehead atoms. The van der Waals surface area contributed by atoms with Crippen LogP contribution in [0.1, 0.15) is 44.3 Å². The Bertz CT molecular complexity index is 598. The lowest BCUT2D eigenvalue weighted by Gasteiger charge is -2.29. The van der Waals surface area contributed by atoms with Crippen molar-refractivity contribution in [1.82, 2.24) is 0 Å². The molecule has 1 fully saturated rings. The summed E-state index contributed by atoms with van der Waals surface area (Å²) in [6.07, 6.45) is 3.31. The molecule has 1 N–H and O–H groups in total. The van der Waals surface area contributed by atoms with Crippen LogP contribution in [-0.2, 0) is 9.84 Å². The van der Waals surface area contributed by atoms with Crippen molar-refractivity contribution in [2.75, 3.05) is 6.26 Å². The van der Waals surface area contributed by atoms with E-state index in [0.29, 0.717) is 29.2 Å². The topological polar surface area (TPSA) is 63.6 Å². The third-order valence-electron chi connectivity index (χ3n) is 3.90. The minimum absolute atomic E-state index is 0.142. The Morgan fingerprint density at radius 2 is 2.10 bits per heavy atom. The second-order valence-corrected chi connectivity index (χ2v) is 8.48. The number of aliphatic hydroxyl groups is 1. The first-order valence-corrected chi connectivity index (χ1v) is 9.43. The van der Waals surface area contributed by atoms with Gasteiger partial charge in [-0.05, 0) is 44.4 Å². The lowest BCUT2D eigenvalue weighted by molar-refractivity contribution is 0.143. The summed E-state index contributed by atoms with van der Waals surface area (Å²) in [7, 11) is -3.03. The fourth-order valence-electron chi connectivity index (χ4n) is 2.73. The van der Waals surface area contributed by atoms with Crippen LogP contribution in [0.4, 0.5) is 0 Å². The van der Waals surface area contributed by atoms with E-state index in [4.69, 9.17) is 16.3 Å². The van der Waals surface area contributed by atoms with Gasteiger partial charge in [0.05, 0.1) is 17.5 Å². The van der Waals surface area contributed by atoms with E-state index in [1.165, 1.54) is 6.26 Å². The third-order valence-corrected chi connectivity index (χ3v) is 5.77. The summed E-state index contributed by atoms with van der Waals surface area (Å²) in [5, 5.41) is 10.0. The van der Waals surface area contributed by atoms with Crippen molar-refractivity contribution < 1.29 is 18.3 Å². The molecule has 3 atom stereocenters. The predicted molar refractivity (Wildman–Crippen MR) is 83.6 cm³/mol. The number of rotatable bonds is 4. The van der Waals surface area contributed by atoms with E-state index < -0.39 is 15.9 Å². The molecule has 1 saturated carbocycles. The van der Waals surface area contributed by atoms with E-state index >= 15 is 0 Å². The molecule has 0 spiro atoms. The lowest BCUT2D eigenvalue weighted by Crippen LogP contribution is -2.33. The van der Waals surface area contributed by atoms with Crippen molar-refractivity contribution in [3.63, 3.8) is 0 Å². The zero-order chi connectivity index (χ0) is 15.6. The summed E-state index contributed by atoms with van der Waals surface area (Å²) < 4.78 is 29.3. The van der Waals surface area contributed by atoms with Gasteiger partial charge in [0.25, 0.3) is 0 Å². The normalized spacial score (nSPS) is 24.6. The molecule has 21 heavy (non-hydrogen) atoms. The van der Waals surface area contributed by atoms with Gasteiger partial charge in [0.1, 0.15) is 15.6 Å². The van der Waals surface area contributed by atoms with Gasteiger partial charge in [-0.2, -0.15) is 0 Å². The molecule has 2 unspecified atom stereocenters. The SMILES string of the molecule is C[C@H](O)c1cc(Cl)ccc1OC1CCCC(S(C)(=O)=O)C1. The van der Waals surface area contributed by atoms with Crippen molar-refractivity contribution in [2.45, 2.75) is 50.1 Å². The highest BCUT2D eigenvalue weighted by Crippen LogP contribution is 2.32. The van der Waals surface area contributed by atoms with Gasteiger partial charge in [-0.15, -0.1) is 0 Å². The highest BCUT2D eigenvalue weighted by atomic mass is 35.5. The van der Waals surface area contributed by atoms with E-state index in [-0.39, 0.29) is 11.4 Å². The maximum atomic E-state index is 11.7. The first-order valence-electron chi connectivity index (χ1n) is 7.10. The fourth-order valence-corrected chi connectivity index (χ4v) is 4.07. The maximum Gasteiger partial charge on any atom is 0.150 e. The molecule has 0 aliphatic heterocycles. The fraction of sp³-hybridized carbons (Fsp3) is 0.600. The van der Waals surface area contributed by atoms with Crippen LogP contribution >= 0.6 is 11.6 Å². The zero-order valence-electron chi connectivity index (χ0n) is 12.3. The number of aliphatic hydroxyl groups excluding tert-OH is 1. The summed E-state index contributed by atoms with van der Waals surface area (Å²) in [6.45, 7) is 1.65. The van der Waals surface area contributed by atoms with Crippen LogP contribution in [-0.4, -0.2) is 31.1 Å². The Balaban J connectivity index is 2.15. The second-order valence-electron chi connectivity index (χ2n) is 5.72. The molecule has 118 valence electrons. The van der Waals surface area contributed by atoms with Crippen LogP contribution < -0.4 is 4.74 Å². The monoisotopic (exact) mass is 332 g/mol. The van der Waals surface area contributed by atoms with Crippen molar-refractivity contribution in [3.8, 4) is 5.75 Å². The minimum atomic E-state index is -3.03. The van der Waals surface area contributed by atoms with Crippen LogP contribution in [0.5, 0.6) is 5.75 Å². The molecule has 6 heteroatoms. The third kappa shape index (κ3) is 4.34. The molecule has 1 aliphatic rings. The van der Waals surface area contributed by atoms with E-state index in [2.05, 4.69) is 0 Å². The average molecular weight is 333 g/mol. The molecular formula is C15H21ClO4S. The maximum absolute atomic E-state index is 11.7. The van der Waals surface area contributed by atoms with Gasteiger partial charge in [0, 0.05) is 23.3 Å². The molecule has 4 nitrogen and oxygen atoms in total. The Labute approximate surface area is 131 Å². The van der Waals surface area contributed by atoms with Crippen molar-refractivity contribution in [1.29, 1.82) is 0 Å². The standard InChI is InChI=1S/C15H21ClO4S/c1-10(17)14-8-11(16)6-7-15(14)20-12-4-3-5-13(9-12)21(2,18)19/h6-8,10,12-13,17H,3-5,9H2,1-2H3/t10-,12?,13?/m0/s1. The molecular weight excluding hydrogens is 312 g/mol. The number of sulfone groups is 1. The highest BCUT2D eigenvalue weighted by molar-refractivity contribution is 7.91. The van der Waals surface area contributed by atoms with Crippen molar-refractivity contribution in [2.24, 2.45) is 0 Å². The van der Waals surface area contributed by atoms with E-state index in [1.807, 2.05) is 0 Å². The molecule has 0 saturated heterocycles. The average Bonchev–Trinajstić information content (AvgIpc) is 2.40. The quantitative estimate of drug-likeness (QED) is 0.920. The summed E-state index contributed by atoms with van der Waals surface area (Å²) in [6, 6.07) is 5.12. The van der Waals surface area contributed by atoms with Crippen LogP contribution in [0, 0.1) is 0 Å². The summed E-state index contributed by atoms with van der Waals surface area (Å²) in [5.74, 6) is 0.577. The predicted octanol–water partition coefficient (Wildman–Crippen LogP) is 3.13. The molecule has 2 rings (SSSR count). The summed E-state index contributed by atoms with van der Waals surface area (Å²) in [5.41, 5.74) is 0.629. The Morgan fingerprint density at radius 1 is 1.38 bits per heavy atom. The molecule has 1 aromatic carbocycles. The number of hydrogen-bond acceptors (Lipinski definition) is 4. The minimum Gasteiger partial charge on any atom is -0.490 e. The van der Waals surface area contributed by atoms with Gasteiger partial charge in [-0.3, -0.25) is 0 Å². The molecule has 1 aliphatic carbocycles. The van der Waals surface area contributed by atoms with Gasteiger partial charge < -0.3 is 9.84 Å². The first kappa shape index (κ1) is 16.6.